The summed E-state index contributed by atoms with van der Waals surface area (Å²) < 4.78 is 19.5. The van der Waals surface area contributed by atoms with Crippen LogP contribution in [0.3, 0.4) is 0 Å². The van der Waals surface area contributed by atoms with Crippen molar-refractivity contribution < 1.29 is 9.13 Å². The Hall–Kier alpha value is -1.10. The molecule has 0 radical (unpaired) electrons. The number of benzene rings is 2. The van der Waals surface area contributed by atoms with Gasteiger partial charge >= 0.3 is 0 Å². The van der Waals surface area contributed by atoms with Gasteiger partial charge in [-0.15, -0.1) is 0 Å². The summed E-state index contributed by atoms with van der Waals surface area (Å²) in [5.74, 6) is 0.321. The Bertz CT molecular complexity index is 621. The van der Waals surface area contributed by atoms with Gasteiger partial charge in [-0.1, -0.05) is 33.6 Å². The summed E-state index contributed by atoms with van der Waals surface area (Å²) in [6.45, 7) is 0. The molecule has 1 atom stereocenters. The van der Waals surface area contributed by atoms with Gasteiger partial charge in [-0.3, -0.25) is 0 Å². The molecule has 0 fully saturated rings. The molecular weight excluding hydrogens is 345 g/mol. The fraction of sp³-hybridized carbons (Fsp3) is 0.200. The molecular formula is C15H14BrClFNO. The van der Waals surface area contributed by atoms with Crippen LogP contribution in [0.5, 0.6) is 5.75 Å². The lowest BCUT2D eigenvalue weighted by molar-refractivity contribution is 0.414. The molecule has 1 unspecified atom stereocenters. The summed E-state index contributed by atoms with van der Waals surface area (Å²) in [4.78, 5) is 0. The maximum absolute atomic E-state index is 13.5. The first-order valence-electron chi connectivity index (χ1n) is 6.02. The van der Waals surface area contributed by atoms with Crippen molar-refractivity contribution in [3.63, 3.8) is 0 Å². The predicted molar refractivity (Wildman–Crippen MR) is 83.0 cm³/mol. The van der Waals surface area contributed by atoms with Crippen molar-refractivity contribution >= 4 is 27.5 Å². The van der Waals surface area contributed by atoms with Crippen LogP contribution in [0.15, 0.2) is 40.9 Å². The average Bonchev–Trinajstić information content (AvgIpc) is 2.45. The van der Waals surface area contributed by atoms with Crippen molar-refractivity contribution in [2.75, 3.05) is 14.2 Å². The molecule has 0 aromatic heterocycles. The number of methoxy groups -OCH3 is 1. The summed E-state index contributed by atoms with van der Waals surface area (Å²) in [7, 11) is 3.39. The van der Waals surface area contributed by atoms with Crippen LogP contribution >= 0.6 is 27.5 Å². The molecule has 0 aliphatic carbocycles. The van der Waals surface area contributed by atoms with E-state index in [0.717, 1.165) is 15.6 Å². The highest BCUT2D eigenvalue weighted by Crippen LogP contribution is 2.33. The summed E-state index contributed by atoms with van der Waals surface area (Å²) in [5, 5.41) is 3.72. The predicted octanol–water partition coefficient (Wildman–Crippen LogP) is 4.56. The van der Waals surface area contributed by atoms with Gasteiger partial charge < -0.3 is 10.1 Å². The van der Waals surface area contributed by atoms with E-state index in [1.54, 1.807) is 19.2 Å². The Morgan fingerprint density at radius 3 is 2.65 bits per heavy atom. The quantitative estimate of drug-likeness (QED) is 0.865. The molecule has 0 amide bonds. The maximum atomic E-state index is 13.5. The summed E-state index contributed by atoms with van der Waals surface area (Å²) >= 11 is 9.49. The molecule has 0 aliphatic rings. The highest BCUT2D eigenvalue weighted by atomic mass is 79.9. The van der Waals surface area contributed by atoms with Crippen molar-refractivity contribution in [1.29, 1.82) is 0 Å². The van der Waals surface area contributed by atoms with Crippen LogP contribution in [-0.4, -0.2) is 14.2 Å². The minimum absolute atomic E-state index is 0.161. The molecule has 0 saturated carbocycles. The molecule has 0 heterocycles. The van der Waals surface area contributed by atoms with Crippen molar-refractivity contribution in [3.05, 3.63) is 62.8 Å². The SMILES string of the molecule is CNC(c1ccc(Cl)c(OC)c1)c1cc(F)ccc1Br. The Morgan fingerprint density at radius 1 is 1.25 bits per heavy atom. The van der Waals surface area contributed by atoms with Crippen molar-refractivity contribution in [2.45, 2.75) is 6.04 Å². The fourth-order valence-corrected chi connectivity index (χ4v) is 2.76. The Morgan fingerprint density at radius 2 is 2.00 bits per heavy atom. The average molecular weight is 359 g/mol. The summed E-state index contributed by atoms with van der Waals surface area (Å²) in [6, 6.07) is 9.97. The smallest absolute Gasteiger partial charge is 0.137 e. The molecule has 2 rings (SSSR count). The van der Waals surface area contributed by atoms with Gasteiger partial charge in [0.1, 0.15) is 11.6 Å². The molecule has 0 bridgehead atoms. The van der Waals surface area contributed by atoms with Crippen LogP contribution in [0.25, 0.3) is 0 Å². The molecule has 0 spiro atoms. The number of ether oxygens (including phenoxy) is 1. The van der Waals surface area contributed by atoms with E-state index < -0.39 is 0 Å². The van der Waals surface area contributed by atoms with Crippen LogP contribution in [0.1, 0.15) is 17.2 Å². The van der Waals surface area contributed by atoms with E-state index in [2.05, 4.69) is 21.2 Å². The van der Waals surface area contributed by atoms with E-state index in [1.165, 1.54) is 12.1 Å². The van der Waals surface area contributed by atoms with Crippen molar-refractivity contribution in [2.24, 2.45) is 0 Å². The summed E-state index contributed by atoms with van der Waals surface area (Å²) in [6.07, 6.45) is 0. The van der Waals surface area contributed by atoms with Crippen LogP contribution in [-0.2, 0) is 0 Å². The monoisotopic (exact) mass is 357 g/mol. The zero-order valence-electron chi connectivity index (χ0n) is 11.1. The molecule has 1 N–H and O–H groups in total. The number of hydrogen-bond donors (Lipinski definition) is 1. The van der Waals surface area contributed by atoms with E-state index in [0.29, 0.717) is 10.8 Å². The first-order chi connectivity index (χ1) is 9.56. The number of rotatable bonds is 4. The molecule has 0 saturated heterocycles. The van der Waals surface area contributed by atoms with E-state index in [1.807, 2.05) is 19.2 Å². The zero-order valence-corrected chi connectivity index (χ0v) is 13.4. The van der Waals surface area contributed by atoms with Gasteiger partial charge in [0, 0.05) is 4.47 Å². The van der Waals surface area contributed by atoms with Gasteiger partial charge in [0.05, 0.1) is 18.2 Å². The standard InChI is InChI=1S/C15H14BrClFNO/c1-19-15(11-8-10(18)4-5-12(11)16)9-3-6-13(17)14(7-9)20-2/h3-8,15,19H,1-2H3. The molecule has 2 aromatic carbocycles. The second-order valence-corrected chi connectivity index (χ2v) is 5.54. The highest BCUT2D eigenvalue weighted by Gasteiger charge is 2.17. The van der Waals surface area contributed by atoms with Crippen molar-refractivity contribution in [3.8, 4) is 5.75 Å². The minimum atomic E-state index is -0.274. The van der Waals surface area contributed by atoms with Crippen LogP contribution in [0.2, 0.25) is 5.02 Å². The van der Waals surface area contributed by atoms with E-state index in [-0.39, 0.29) is 11.9 Å². The van der Waals surface area contributed by atoms with Crippen LogP contribution in [0.4, 0.5) is 4.39 Å². The number of hydrogen-bond acceptors (Lipinski definition) is 2. The topological polar surface area (TPSA) is 21.3 Å². The van der Waals surface area contributed by atoms with E-state index >= 15 is 0 Å². The van der Waals surface area contributed by atoms with Gasteiger partial charge in [-0.2, -0.15) is 0 Å². The van der Waals surface area contributed by atoms with Gasteiger partial charge in [-0.25, -0.2) is 4.39 Å². The molecule has 5 heteroatoms. The first kappa shape index (κ1) is 15.3. The lowest BCUT2D eigenvalue weighted by Gasteiger charge is -2.20. The Kier molecular flexibility index (Phi) is 5.02. The van der Waals surface area contributed by atoms with Gasteiger partial charge in [-0.05, 0) is 48.5 Å². The van der Waals surface area contributed by atoms with E-state index in [9.17, 15) is 4.39 Å². The lowest BCUT2D eigenvalue weighted by atomic mass is 9.98. The summed E-state index contributed by atoms with van der Waals surface area (Å²) in [5.41, 5.74) is 1.76. The molecule has 2 nitrogen and oxygen atoms in total. The Balaban J connectivity index is 2.49. The van der Waals surface area contributed by atoms with Gasteiger partial charge in [0.25, 0.3) is 0 Å². The maximum Gasteiger partial charge on any atom is 0.137 e. The molecule has 0 aliphatic heterocycles. The fourth-order valence-electron chi connectivity index (χ4n) is 2.09. The van der Waals surface area contributed by atoms with Gasteiger partial charge in [0.2, 0.25) is 0 Å². The van der Waals surface area contributed by atoms with Crippen molar-refractivity contribution in [1.82, 2.24) is 5.32 Å². The zero-order chi connectivity index (χ0) is 14.7. The highest BCUT2D eigenvalue weighted by molar-refractivity contribution is 9.10. The lowest BCUT2D eigenvalue weighted by Crippen LogP contribution is -2.18. The minimum Gasteiger partial charge on any atom is -0.495 e. The van der Waals surface area contributed by atoms with Crippen LogP contribution < -0.4 is 10.1 Å². The molecule has 20 heavy (non-hydrogen) atoms. The third kappa shape index (κ3) is 3.14. The van der Waals surface area contributed by atoms with E-state index in [4.69, 9.17) is 16.3 Å². The molecule has 106 valence electrons. The second kappa shape index (κ2) is 6.57. The van der Waals surface area contributed by atoms with Crippen LogP contribution in [0, 0.1) is 5.82 Å². The number of halogens is 3. The van der Waals surface area contributed by atoms with Gasteiger partial charge in [0.15, 0.2) is 0 Å². The molecule has 2 aromatic rings. The first-order valence-corrected chi connectivity index (χ1v) is 7.19. The third-order valence-electron chi connectivity index (χ3n) is 3.07. The number of nitrogens with one attached hydrogen (secondary N) is 1. The third-order valence-corrected chi connectivity index (χ3v) is 4.10. The normalized spacial score (nSPS) is 12.2. The Labute approximate surface area is 131 Å². The second-order valence-electron chi connectivity index (χ2n) is 4.28. The largest absolute Gasteiger partial charge is 0.495 e.